The highest BCUT2D eigenvalue weighted by Gasteiger charge is 2.22. The van der Waals surface area contributed by atoms with Crippen LogP contribution in [0.2, 0.25) is 0 Å². The number of anilines is 1. The van der Waals surface area contributed by atoms with Crippen molar-refractivity contribution in [3.8, 4) is 11.5 Å². The van der Waals surface area contributed by atoms with Crippen LogP contribution >= 0.6 is 0 Å². The van der Waals surface area contributed by atoms with Gasteiger partial charge in [-0.05, 0) is 73.6 Å². The Morgan fingerprint density at radius 2 is 1.39 bits per heavy atom. The maximum Gasteiger partial charge on any atom is 0.258 e. The number of carbonyl (C=O) groups excluding carboxylic acids is 1. The Balaban J connectivity index is 1.94. The first-order chi connectivity index (χ1) is 17.4. The molecule has 3 rings (SSSR count). The van der Waals surface area contributed by atoms with Crippen LogP contribution in [0.3, 0.4) is 0 Å². The standard InChI is InChI=1S/C30H36N2O4/c1-6-28(23-10-8-7-9-11-23)29(24-12-16-27(17-13-24)36-22-34-5)30(33)32(4)25-14-18-26(19-15-25)35-21-20-31(2)3/h7-19H,6,20-22H2,1-5H3/b29-28+. The van der Waals surface area contributed by atoms with Crippen molar-refractivity contribution in [1.82, 2.24) is 4.90 Å². The maximum atomic E-state index is 14.0. The average Bonchev–Trinajstić information content (AvgIpc) is 2.91. The molecule has 0 aliphatic rings. The summed E-state index contributed by atoms with van der Waals surface area (Å²) in [6.45, 7) is 3.69. The number of benzene rings is 3. The molecular formula is C30H36N2O4. The first-order valence-corrected chi connectivity index (χ1v) is 12.1. The molecule has 0 N–H and O–H groups in total. The Kier molecular flexibility index (Phi) is 10.1. The Labute approximate surface area is 214 Å². The van der Waals surface area contributed by atoms with Crippen molar-refractivity contribution >= 4 is 22.7 Å². The summed E-state index contributed by atoms with van der Waals surface area (Å²) in [5, 5.41) is 0. The SMILES string of the molecule is CC/C(=C(\C(=O)N(C)c1ccc(OCCN(C)C)cc1)c1ccc(OCOC)cc1)c1ccccc1. The van der Waals surface area contributed by atoms with E-state index in [4.69, 9.17) is 14.2 Å². The number of hydrogen-bond acceptors (Lipinski definition) is 5. The van der Waals surface area contributed by atoms with Crippen LogP contribution in [0, 0.1) is 0 Å². The first kappa shape index (κ1) is 27.0. The van der Waals surface area contributed by atoms with E-state index in [0.717, 1.165) is 34.7 Å². The maximum absolute atomic E-state index is 14.0. The average molecular weight is 489 g/mol. The molecule has 0 fully saturated rings. The van der Waals surface area contributed by atoms with Gasteiger partial charge in [0.2, 0.25) is 0 Å². The van der Waals surface area contributed by atoms with Crippen LogP contribution in [-0.2, 0) is 9.53 Å². The van der Waals surface area contributed by atoms with Gasteiger partial charge in [-0.15, -0.1) is 0 Å². The van der Waals surface area contributed by atoms with Crippen LogP contribution < -0.4 is 14.4 Å². The fourth-order valence-electron chi connectivity index (χ4n) is 3.83. The monoisotopic (exact) mass is 488 g/mol. The van der Waals surface area contributed by atoms with Crippen LogP contribution in [0.5, 0.6) is 11.5 Å². The second kappa shape index (κ2) is 13.5. The van der Waals surface area contributed by atoms with Gasteiger partial charge >= 0.3 is 0 Å². The molecule has 6 heteroatoms. The highest BCUT2D eigenvalue weighted by molar-refractivity contribution is 6.32. The van der Waals surface area contributed by atoms with Crippen LogP contribution in [0.1, 0.15) is 24.5 Å². The largest absolute Gasteiger partial charge is 0.492 e. The molecular weight excluding hydrogens is 452 g/mol. The number of rotatable bonds is 12. The summed E-state index contributed by atoms with van der Waals surface area (Å²) in [6.07, 6.45) is 0.708. The number of ether oxygens (including phenoxy) is 3. The lowest BCUT2D eigenvalue weighted by Gasteiger charge is -2.23. The molecule has 190 valence electrons. The molecule has 0 saturated carbocycles. The molecule has 0 bridgehead atoms. The van der Waals surface area contributed by atoms with Crippen LogP contribution in [-0.4, -0.2) is 59.0 Å². The molecule has 0 unspecified atom stereocenters. The van der Waals surface area contributed by atoms with Gasteiger partial charge in [-0.3, -0.25) is 4.79 Å². The topological polar surface area (TPSA) is 51.2 Å². The highest BCUT2D eigenvalue weighted by atomic mass is 16.7. The summed E-state index contributed by atoms with van der Waals surface area (Å²) < 4.78 is 16.3. The summed E-state index contributed by atoms with van der Waals surface area (Å²) in [4.78, 5) is 17.7. The number of carbonyl (C=O) groups is 1. The Bertz CT molecular complexity index is 1120. The van der Waals surface area contributed by atoms with E-state index < -0.39 is 0 Å². The van der Waals surface area contributed by atoms with Gasteiger partial charge in [-0.2, -0.15) is 0 Å². The van der Waals surface area contributed by atoms with Crippen molar-refractivity contribution < 1.29 is 19.0 Å². The summed E-state index contributed by atoms with van der Waals surface area (Å²) in [5.74, 6) is 1.38. The second-order valence-corrected chi connectivity index (χ2v) is 8.66. The van der Waals surface area contributed by atoms with Gasteiger partial charge in [0.05, 0.1) is 5.57 Å². The van der Waals surface area contributed by atoms with Crippen molar-refractivity contribution in [2.24, 2.45) is 0 Å². The van der Waals surface area contributed by atoms with E-state index in [0.29, 0.717) is 24.4 Å². The zero-order valence-electron chi connectivity index (χ0n) is 21.9. The van der Waals surface area contributed by atoms with Crippen molar-refractivity contribution in [2.75, 3.05) is 53.1 Å². The predicted molar refractivity (Wildman–Crippen MR) is 146 cm³/mol. The minimum absolute atomic E-state index is 0.0810. The fourth-order valence-corrected chi connectivity index (χ4v) is 3.83. The van der Waals surface area contributed by atoms with Gasteiger partial charge in [0.15, 0.2) is 6.79 Å². The Hall–Kier alpha value is -3.61. The van der Waals surface area contributed by atoms with Gasteiger partial charge < -0.3 is 24.0 Å². The lowest BCUT2D eigenvalue weighted by atomic mass is 9.91. The van der Waals surface area contributed by atoms with Gasteiger partial charge in [-0.25, -0.2) is 0 Å². The van der Waals surface area contributed by atoms with Crippen LogP contribution in [0.4, 0.5) is 5.69 Å². The van der Waals surface area contributed by atoms with Gasteiger partial charge in [0.1, 0.15) is 18.1 Å². The van der Waals surface area contributed by atoms with Gasteiger partial charge in [0, 0.05) is 26.4 Å². The Morgan fingerprint density at radius 3 is 1.97 bits per heavy atom. The van der Waals surface area contributed by atoms with E-state index in [1.54, 1.807) is 19.1 Å². The molecule has 0 atom stereocenters. The molecule has 3 aromatic carbocycles. The number of allylic oxidation sites excluding steroid dienone is 1. The smallest absolute Gasteiger partial charge is 0.258 e. The molecule has 3 aromatic rings. The highest BCUT2D eigenvalue weighted by Crippen LogP contribution is 2.33. The van der Waals surface area contributed by atoms with Crippen LogP contribution in [0.25, 0.3) is 11.1 Å². The molecule has 0 radical (unpaired) electrons. The normalized spacial score (nSPS) is 11.7. The van der Waals surface area contributed by atoms with Crippen molar-refractivity contribution in [1.29, 1.82) is 0 Å². The number of hydrogen-bond donors (Lipinski definition) is 0. The molecule has 0 spiro atoms. The summed E-state index contributed by atoms with van der Waals surface area (Å²) in [5.41, 5.74) is 4.31. The molecule has 36 heavy (non-hydrogen) atoms. The molecule has 0 aliphatic carbocycles. The molecule has 1 amide bonds. The second-order valence-electron chi connectivity index (χ2n) is 8.66. The fraction of sp³-hybridized carbons (Fsp3) is 0.300. The van der Waals surface area contributed by atoms with Gasteiger partial charge in [0.25, 0.3) is 5.91 Å². The van der Waals surface area contributed by atoms with E-state index >= 15 is 0 Å². The number of amides is 1. The Morgan fingerprint density at radius 1 is 0.778 bits per heavy atom. The number of nitrogens with zero attached hydrogens (tertiary/aromatic N) is 2. The van der Waals surface area contributed by atoms with Crippen molar-refractivity contribution in [2.45, 2.75) is 13.3 Å². The molecule has 0 aromatic heterocycles. The zero-order valence-corrected chi connectivity index (χ0v) is 21.9. The third-order valence-corrected chi connectivity index (χ3v) is 5.81. The molecule has 0 aliphatic heterocycles. The molecule has 0 heterocycles. The van der Waals surface area contributed by atoms with E-state index in [-0.39, 0.29) is 12.7 Å². The van der Waals surface area contributed by atoms with E-state index in [2.05, 4.69) is 11.8 Å². The minimum Gasteiger partial charge on any atom is -0.492 e. The third kappa shape index (κ3) is 7.20. The van der Waals surface area contributed by atoms with Gasteiger partial charge in [-0.1, -0.05) is 49.4 Å². The summed E-state index contributed by atoms with van der Waals surface area (Å²) in [6, 6.07) is 25.3. The minimum atomic E-state index is -0.0810. The molecule has 6 nitrogen and oxygen atoms in total. The first-order valence-electron chi connectivity index (χ1n) is 12.1. The number of likely N-dealkylation sites (N-methyl/N-ethyl adjacent to an activating group) is 2. The quantitative estimate of drug-likeness (QED) is 0.189. The van der Waals surface area contributed by atoms with Crippen LogP contribution in [0.15, 0.2) is 78.9 Å². The van der Waals surface area contributed by atoms with E-state index in [1.165, 1.54) is 0 Å². The van der Waals surface area contributed by atoms with E-state index in [9.17, 15) is 4.79 Å². The lowest BCUT2D eigenvalue weighted by molar-refractivity contribution is -0.113. The van der Waals surface area contributed by atoms with E-state index in [1.807, 2.05) is 93.0 Å². The lowest BCUT2D eigenvalue weighted by Crippen LogP contribution is -2.28. The third-order valence-electron chi connectivity index (χ3n) is 5.81. The zero-order chi connectivity index (χ0) is 25.9. The van der Waals surface area contributed by atoms with Crippen molar-refractivity contribution in [3.05, 3.63) is 90.0 Å². The summed E-state index contributed by atoms with van der Waals surface area (Å²) in [7, 11) is 7.41. The predicted octanol–water partition coefficient (Wildman–Crippen LogP) is 5.59. The molecule has 0 saturated heterocycles. The summed E-state index contributed by atoms with van der Waals surface area (Å²) >= 11 is 0. The van der Waals surface area contributed by atoms with Crippen molar-refractivity contribution in [3.63, 3.8) is 0 Å². The number of methoxy groups -OCH3 is 1.